The van der Waals surface area contributed by atoms with Gasteiger partial charge in [-0.1, -0.05) is 162 Å². The molecule has 0 nitrogen and oxygen atoms in total. The summed E-state index contributed by atoms with van der Waals surface area (Å²) < 4.78 is 0. The summed E-state index contributed by atoms with van der Waals surface area (Å²) in [6.07, 6.45) is 37.1. The number of allylic oxidation sites excluding steroid dienone is 8. The summed E-state index contributed by atoms with van der Waals surface area (Å²) in [5.41, 5.74) is 2.61. The summed E-state index contributed by atoms with van der Waals surface area (Å²) in [5.74, 6) is 1.27. The van der Waals surface area contributed by atoms with Crippen molar-refractivity contribution in [3.63, 3.8) is 0 Å². The van der Waals surface area contributed by atoms with Crippen molar-refractivity contribution in [2.24, 2.45) is 11.8 Å². The Hall–Kier alpha value is -1.74. The summed E-state index contributed by atoms with van der Waals surface area (Å²) in [4.78, 5) is 0. The van der Waals surface area contributed by atoms with Gasteiger partial charge in [0.2, 0.25) is 0 Å². The summed E-state index contributed by atoms with van der Waals surface area (Å²) in [6.45, 7) is 0. The van der Waals surface area contributed by atoms with Crippen LogP contribution in [0.25, 0.3) is 0 Å². The van der Waals surface area contributed by atoms with E-state index in [9.17, 15) is 0 Å². The molecule has 2 fully saturated rings. The van der Waals surface area contributed by atoms with Crippen molar-refractivity contribution in [3.05, 3.63) is 109 Å². The van der Waals surface area contributed by atoms with Crippen LogP contribution in [-0.2, 0) is 0 Å². The second-order valence-electron chi connectivity index (χ2n) is 12.8. The first kappa shape index (κ1) is 29.3. The molecule has 4 aliphatic rings. The molecular formula is C39H50P2. The highest BCUT2D eigenvalue weighted by molar-refractivity contribution is 7.73. The van der Waals surface area contributed by atoms with E-state index in [1.807, 2.05) is 5.31 Å². The van der Waals surface area contributed by atoms with Crippen LogP contribution in [0.3, 0.4) is 0 Å². The lowest BCUT2D eigenvalue weighted by Crippen LogP contribution is -2.30. The molecule has 0 radical (unpaired) electrons. The van der Waals surface area contributed by atoms with Crippen LogP contribution in [0.1, 0.15) is 89.9 Å². The zero-order valence-corrected chi connectivity index (χ0v) is 26.8. The van der Waals surface area contributed by atoms with Gasteiger partial charge in [-0.2, -0.15) is 0 Å². The van der Waals surface area contributed by atoms with Crippen LogP contribution in [0.5, 0.6) is 0 Å². The highest BCUT2D eigenvalue weighted by atomic mass is 31.1. The van der Waals surface area contributed by atoms with Gasteiger partial charge in [0.05, 0.1) is 0 Å². The molecule has 4 aliphatic carbocycles. The van der Waals surface area contributed by atoms with Crippen LogP contribution in [-0.4, -0.2) is 17.0 Å². The minimum absolute atomic E-state index is 0.0677. The van der Waals surface area contributed by atoms with E-state index in [4.69, 9.17) is 0 Å². The van der Waals surface area contributed by atoms with E-state index >= 15 is 0 Å². The molecule has 0 spiro atoms. The van der Waals surface area contributed by atoms with Crippen molar-refractivity contribution < 1.29 is 0 Å². The lowest BCUT2D eigenvalue weighted by molar-refractivity contribution is 0.484. The lowest BCUT2D eigenvalue weighted by atomic mass is 9.98. The number of hydrogen-bond acceptors (Lipinski definition) is 0. The second kappa shape index (κ2) is 15.1. The van der Waals surface area contributed by atoms with Crippen LogP contribution >= 0.6 is 15.8 Å². The Balaban J connectivity index is 1.33. The van der Waals surface area contributed by atoms with Gasteiger partial charge in [-0.05, 0) is 85.3 Å². The summed E-state index contributed by atoms with van der Waals surface area (Å²) in [5, 5.41) is 5.05. The van der Waals surface area contributed by atoms with Crippen molar-refractivity contribution in [3.8, 4) is 0 Å². The molecule has 2 aromatic carbocycles. The maximum Gasteiger partial charge on any atom is 0.00993 e. The van der Waals surface area contributed by atoms with Gasteiger partial charge in [0, 0.05) is 5.92 Å². The Morgan fingerprint density at radius 1 is 0.610 bits per heavy atom. The smallest absolute Gasteiger partial charge is 0.00993 e. The molecule has 0 aromatic heterocycles. The second-order valence-corrected chi connectivity index (χ2v) is 18.0. The van der Waals surface area contributed by atoms with Crippen LogP contribution in [0.15, 0.2) is 109 Å². The number of rotatable bonds is 12. The fraction of sp³-hybridized carbons (Fsp3) is 0.487. The van der Waals surface area contributed by atoms with Gasteiger partial charge in [-0.25, -0.2) is 0 Å². The predicted molar refractivity (Wildman–Crippen MR) is 184 cm³/mol. The summed E-state index contributed by atoms with van der Waals surface area (Å²) in [7, 11) is -0.516. The van der Waals surface area contributed by atoms with E-state index in [0.29, 0.717) is 17.5 Å². The molecule has 1 unspecified atom stereocenters. The Labute approximate surface area is 253 Å². The van der Waals surface area contributed by atoms with Gasteiger partial charge < -0.3 is 0 Å². The average molecular weight is 581 g/mol. The molecule has 0 saturated heterocycles. The third-order valence-corrected chi connectivity index (χ3v) is 16.7. The first-order valence-electron chi connectivity index (χ1n) is 16.8. The first-order valence-corrected chi connectivity index (χ1v) is 19.7. The van der Waals surface area contributed by atoms with Crippen molar-refractivity contribution >= 4 is 26.5 Å². The number of unbranched alkanes of at least 4 members (excludes halogenated alkanes) is 1. The van der Waals surface area contributed by atoms with E-state index in [-0.39, 0.29) is 7.92 Å². The molecule has 41 heavy (non-hydrogen) atoms. The van der Waals surface area contributed by atoms with Gasteiger partial charge >= 0.3 is 0 Å². The maximum atomic E-state index is 2.67. The van der Waals surface area contributed by atoms with Crippen LogP contribution in [0, 0.1) is 11.8 Å². The number of hydrogen-bond donors (Lipinski definition) is 0. The SMILES string of the molecule is C1=CC(CCCC[C@H](C2C=CC=C2P(C2CCCCC2)C2CCCCC2)P(c2ccccc2)c2ccccc2)C=C1. The van der Waals surface area contributed by atoms with Gasteiger partial charge in [-0.15, -0.1) is 0 Å². The summed E-state index contributed by atoms with van der Waals surface area (Å²) >= 11 is 0. The average Bonchev–Trinajstić information content (AvgIpc) is 3.74. The van der Waals surface area contributed by atoms with Crippen LogP contribution in [0.2, 0.25) is 0 Å². The van der Waals surface area contributed by atoms with E-state index in [1.165, 1.54) is 89.9 Å². The standard InChI is InChI=1S/C39H50P2/c1-5-21-33(22-6-1)40(34-23-7-2-8-24-34)38(30-16-15-20-32-18-13-14-19-32)37-29-17-31-39(37)41(35-25-9-3-10-26-35)36-27-11-4-12-28-36/h1-2,5-8,13-14,17-19,21-24,29,31-32,35-38H,3-4,9-12,15-16,20,25-28,30H2/t37?,38-/m1/s1. The molecule has 6 rings (SSSR count). The lowest BCUT2D eigenvalue weighted by Gasteiger charge is -2.43. The highest BCUT2D eigenvalue weighted by Crippen LogP contribution is 2.66. The quantitative estimate of drug-likeness (QED) is 0.173. The monoisotopic (exact) mass is 580 g/mol. The van der Waals surface area contributed by atoms with Gasteiger partial charge in [0.1, 0.15) is 0 Å². The third-order valence-electron chi connectivity index (χ3n) is 10.1. The molecule has 0 amide bonds. The van der Waals surface area contributed by atoms with Gasteiger partial charge in [0.25, 0.3) is 0 Å². The molecule has 216 valence electrons. The maximum absolute atomic E-state index is 2.67. The van der Waals surface area contributed by atoms with Crippen LogP contribution in [0.4, 0.5) is 0 Å². The molecule has 2 heteroatoms. The predicted octanol–water partition coefficient (Wildman–Crippen LogP) is 11.0. The van der Waals surface area contributed by atoms with Gasteiger partial charge in [-0.3, -0.25) is 0 Å². The fourth-order valence-electron chi connectivity index (χ4n) is 8.09. The Kier molecular flexibility index (Phi) is 10.8. The van der Waals surface area contributed by atoms with Crippen LogP contribution < -0.4 is 10.6 Å². The van der Waals surface area contributed by atoms with E-state index in [1.54, 1.807) is 10.6 Å². The first-order chi connectivity index (χ1) is 20.4. The molecule has 0 bridgehead atoms. The Morgan fingerprint density at radius 3 is 1.73 bits per heavy atom. The number of benzene rings is 2. The van der Waals surface area contributed by atoms with E-state index < -0.39 is 7.92 Å². The van der Waals surface area contributed by atoms with Crippen molar-refractivity contribution in [2.75, 3.05) is 0 Å². The normalized spacial score (nSPS) is 22.7. The van der Waals surface area contributed by atoms with Crippen molar-refractivity contribution in [2.45, 2.75) is 107 Å². The van der Waals surface area contributed by atoms with Crippen molar-refractivity contribution in [1.29, 1.82) is 0 Å². The Morgan fingerprint density at radius 2 is 1.17 bits per heavy atom. The molecule has 0 N–H and O–H groups in total. The zero-order valence-electron chi connectivity index (χ0n) is 25.0. The molecule has 2 atom stereocenters. The highest BCUT2D eigenvalue weighted by Gasteiger charge is 2.41. The summed E-state index contributed by atoms with van der Waals surface area (Å²) in [6, 6.07) is 23.3. The molecule has 2 saturated carbocycles. The fourth-order valence-corrected chi connectivity index (χ4v) is 15.4. The third kappa shape index (κ3) is 7.43. The topological polar surface area (TPSA) is 0 Å². The molecule has 2 aromatic rings. The molecule has 0 heterocycles. The van der Waals surface area contributed by atoms with E-state index in [0.717, 1.165) is 11.3 Å². The molecule has 0 aliphatic heterocycles. The van der Waals surface area contributed by atoms with Crippen molar-refractivity contribution in [1.82, 2.24) is 0 Å². The zero-order chi connectivity index (χ0) is 27.7. The van der Waals surface area contributed by atoms with Gasteiger partial charge in [0.15, 0.2) is 0 Å². The van der Waals surface area contributed by atoms with E-state index in [2.05, 4.69) is 103 Å². The molecular weight excluding hydrogens is 530 g/mol. The minimum atomic E-state index is -0.448. The minimum Gasteiger partial charge on any atom is -0.0776 e. The largest absolute Gasteiger partial charge is 0.0776 e. The Bertz CT molecular complexity index is 1110.